The van der Waals surface area contributed by atoms with E-state index in [-0.39, 0.29) is 17.9 Å². The van der Waals surface area contributed by atoms with Crippen LogP contribution in [0.25, 0.3) is 10.9 Å². The number of hydrogen-bond donors (Lipinski definition) is 3. The summed E-state index contributed by atoms with van der Waals surface area (Å²) in [7, 11) is 0. The molecule has 1 saturated heterocycles. The van der Waals surface area contributed by atoms with Crippen LogP contribution in [0.4, 0.5) is 0 Å². The Morgan fingerprint density at radius 3 is 3.16 bits per heavy atom. The summed E-state index contributed by atoms with van der Waals surface area (Å²) in [5, 5.41) is 13.4. The number of aromatic amines is 1. The molecule has 1 unspecified atom stereocenters. The van der Waals surface area contributed by atoms with E-state index in [2.05, 4.69) is 20.8 Å². The molecule has 1 aliphatic rings. The predicted octanol–water partition coefficient (Wildman–Crippen LogP) is 0.571. The molecular formula is C13H14N4O2. The van der Waals surface area contributed by atoms with Crippen molar-refractivity contribution in [1.82, 2.24) is 20.8 Å². The van der Waals surface area contributed by atoms with Gasteiger partial charge in [0, 0.05) is 30.0 Å². The van der Waals surface area contributed by atoms with Gasteiger partial charge in [0.2, 0.25) is 5.91 Å². The fourth-order valence-corrected chi connectivity index (χ4v) is 2.23. The number of benzene rings is 1. The first-order valence-corrected chi connectivity index (χ1v) is 6.23. The molecule has 2 heterocycles. The van der Waals surface area contributed by atoms with Crippen molar-refractivity contribution < 1.29 is 9.59 Å². The SMILES string of the molecule is O=C1CCC(CNC(=O)c2ccc3cn[nH]c3c2)N1. The highest BCUT2D eigenvalue weighted by molar-refractivity contribution is 5.97. The van der Waals surface area contributed by atoms with E-state index in [0.717, 1.165) is 17.3 Å². The molecule has 1 atom stereocenters. The fourth-order valence-electron chi connectivity index (χ4n) is 2.23. The maximum atomic E-state index is 12.0. The Kier molecular flexibility index (Phi) is 2.91. The van der Waals surface area contributed by atoms with E-state index in [4.69, 9.17) is 0 Å². The Labute approximate surface area is 109 Å². The molecule has 19 heavy (non-hydrogen) atoms. The molecule has 1 aromatic heterocycles. The number of fused-ring (bicyclic) bond motifs is 1. The summed E-state index contributed by atoms with van der Waals surface area (Å²) in [6.07, 6.45) is 3.03. The van der Waals surface area contributed by atoms with Gasteiger partial charge < -0.3 is 10.6 Å². The minimum absolute atomic E-state index is 0.0485. The lowest BCUT2D eigenvalue weighted by Crippen LogP contribution is -2.38. The van der Waals surface area contributed by atoms with Gasteiger partial charge in [0.1, 0.15) is 0 Å². The molecule has 98 valence electrons. The summed E-state index contributed by atoms with van der Waals surface area (Å²) >= 11 is 0. The minimum Gasteiger partial charge on any atom is -0.352 e. The predicted molar refractivity (Wildman–Crippen MR) is 69.6 cm³/mol. The van der Waals surface area contributed by atoms with Gasteiger partial charge >= 0.3 is 0 Å². The maximum Gasteiger partial charge on any atom is 0.251 e. The Bertz CT molecular complexity index is 634. The highest BCUT2D eigenvalue weighted by atomic mass is 16.2. The molecule has 3 N–H and O–H groups in total. The van der Waals surface area contributed by atoms with Crippen LogP contribution in [0.1, 0.15) is 23.2 Å². The Morgan fingerprint density at radius 2 is 2.37 bits per heavy atom. The van der Waals surface area contributed by atoms with Crippen molar-refractivity contribution in [2.24, 2.45) is 0 Å². The van der Waals surface area contributed by atoms with E-state index >= 15 is 0 Å². The number of carbonyl (C=O) groups excluding carboxylic acids is 2. The van der Waals surface area contributed by atoms with Crippen LogP contribution in [0.15, 0.2) is 24.4 Å². The van der Waals surface area contributed by atoms with Crippen LogP contribution >= 0.6 is 0 Å². The van der Waals surface area contributed by atoms with Gasteiger partial charge in [-0.2, -0.15) is 5.10 Å². The fraction of sp³-hybridized carbons (Fsp3) is 0.308. The van der Waals surface area contributed by atoms with Gasteiger partial charge in [0.15, 0.2) is 0 Å². The van der Waals surface area contributed by atoms with E-state index in [9.17, 15) is 9.59 Å². The molecule has 2 amide bonds. The summed E-state index contributed by atoms with van der Waals surface area (Å²) in [4.78, 5) is 23.0. The zero-order valence-electron chi connectivity index (χ0n) is 10.3. The van der Waals surface area contributed by atoms with Crippen LogP contribution < -0.4 is 10.6 Å². The summed E-state index contributed by atoms with van der Waals surface area (Å²) < 4.78 is 0. The zero-order valence-corrected chi connectivity index (χ0v) is 10.3. The average molecular weight is 258 g/mol. The first-order chi connectivity index (χ1) is 9.22. The molecule has 0 radical (unpaired) electrons. The van der Waals surface area contributed by atoms with E-state index in [1.807, 2.05) is 6.07 Å². The molecular weight excluding hydrogens is 244 g/mol. The summed E-state index contributed by atoms with van der Waals surface area (Å²) in [5.74, 6) is -0.0872. The monoisotopic (exact) mass is 258 g/mol. The maximum absolute atomic E-state index is 12.0. The van der Waals surface area contributed by atoms with Gasteiger partial charge in [-0.25, -0.2) is 0 Å². The number of carbonyl (C=O) groups is 2. The third-order valence-corrected chi connectivity index (χ3v) is 3.30. The second-order valence-corrected chi connectivity index (χ2v) is 4.69. The summed E-state index contributed by atoms with van der Waals surface area (Å²) in [6.45, 7) is 0.464. The molecule has 1 aromatic carbocycles. The van der Waals surface area contributed by atoms with Gasteiger partial charge in [-0.3, -0.25) is 14.7 Å². The second kappa shape index (κ2) is 4.72. The Morgan fingerprint density at radius 1 is 1.47 bits per heavy atom. The molecule has 0 aliphatic carbocycles. The van der Waals surface area contributed by atoms with Crippen LogP contribution in [0.2, 0.25) is 0 Å². The molecule has 6 heteroatoms. The minimum atomic E-state index is -0.141. The standard InChI is InChI=1S/C13H14N4O2/c18-12-4-3-10(16-12)7-14-13(19)8-1-2-9-6-15-17-11(9)5-8/h1-2,5-6,10H,3-4,7H2,(H,14,19)(H,15,17)(H,16,18). The van der Waals surface area contributed by atoms with E-state index in [1.54, 1.807) is 18.3 Å². The lowest BCUT2D eigenvalue weighted by molar-refractivity contribution is -0.119. The molecule has 0 spiro atoms. The summed E-state index contributed by atoms with van der Waals surface area (Å²) in [6, 6.07) is 5.43. The first kappa shape index (κ1) is 11.7. The Hall–Kier alpha value is -2.37. The first-order valence-electron chi connectivity index (χ1n) is 6.23. The number of rotatable bonds is 3. The van der Waals surface area contributed by atoms with Crippen molar-refractivity contribution in [3.05, 3.63) is 30.0 Å². The molecule has 1 aliphatic heterocycles. The van der Waals surface area contributed by atoms with E-state index in [0.29, 0.717) is 18.5 Å². The highest BCUT2D eigenvalue weighted by Crippen LogP contribution is 2.13. The van der Waals surface area contributed by atoms with Gasteiger partial charge in [-0.05, 0) is 18.6 Å². The van der Waals surface area contributed by atoms with Crippen molar-refractivity contribution in [2.75, 3.05) is 6.54 Å². The number of hydrogen-bond acceptors (Lipinski definition) is 3. The molecule has 3 rings (SSSR count). The Balaban J connectivity index is 1.64. The number of nitrogens with one attached hydrogen (secondary N) is 3. The number of amides is 2. The van der Waals surface area contributed by atoms with Crippen LogP contribution in [0.3, 0.4) is 0 Å². The van der Waals surface area contributed by atoms with Crippen molar-refractivity contribution in [3.63, 3.8) is 0 Å². The zero-order chi connectivity index (χ0) is 13.2. The second-order valence-electron chi connectivity index (χ2n) is 4.69. The van der Waals surface area contributed by atoms with Crippen LogP contribution in [0, 0.1) is 0 Å². The smallest absolute Gasteiger partial charge is 0.251 e. The quantitative estimate of drug-likeness (QED) is 0.752. The molecule has 0 saturated carbocycles. The highest BCUT2D eigenvalue weighted by Gasteiger charge is 2.21. The normalized spacial score (nSPS) is 18.5. The van der Waals surface area contributed by atoms with Gasteiger partial charge in [0.25, 0.3) is 5.91 Å². The van der Waals surface area contributed by atoms with Crippen molar-refractivity contribution in [3.8, 4) is 0 Å². The third kappa shape index (κ3) is 2.42. The third-order valence-electron chi connectivity index (χ3n) is 3.30. The molecule has 1 fully saturated rings. The van der Waals surface area contributed by atoms with Crippen molar-refractivity contribution >= 4 is 22.7 Å². The van der Waals surface area contributed by atoms with Crippen molar-refractivity contribution in [2.45, 2.75) is 18.9 Å². The van der Waals surface area contributed by atoms with Crippen LogP contribution in [-0.4, -0.2) is 34.6 Å². The average Bonchev–Trinajstić information content (AvgIpc) is 3.03. The molecule has 2 aromatic rings. The lowest BCUT2D eigenvalue weighted by Gasteiger charge is -2.11. The topological polar surface area (TPSA) is 86.9 Å². The van der Waals surface area contributed by atoms with Gasteiger partial charge in [-0.1, -0.05) is 6.07 Å². The van der Waals surface area contributed by atoms with E-state index < -0.39 is 0 Å². The number of aromatic nitrogens is 2. The largest absolute Gasteiger partial charge is 0.352 e. The summed E-state index contributed by atoms with van der Waals surface area (Å²) in [5.41, 5.74) is 1.42. The number of H-pyrrole nitrogens is 1. The van der Waals surface area contributed by atoms with Gasteiger partial charge in [-0.15, -0.1) is 0 Å². The van der Waals surface area contributed by atoms with Crippen LogP contribution in [-0.2, 0) is 4.79 Å². The number of nitrogens with zero attached hydrogens (tertiary/aromatic N) is 1. The van der Waals surface area contributed by atoms with E-state index in [1.165, 1.54) is 0 Å². The van der Waals surface area contributed by atoms with Gasteiger partial charge in [0.05, 0.1) is 11.7 Å². The molecule has 6 nitrogen and oxygen atoms in total. The van der Waals surface area contributed by atoms with Crippen molar-refractivity contribution in [1.29, 1.82) is 0 Å². The lowest BCUT2D eigenvalue weighted by atomic mass is 10.1. The molecule has 0 bridgehead atoms. The van der Waals surface area contributed by atoms with Crippen LogP contribution in [0.5, 0.6) is 0 Å².